The molecule has 0 aliphatic heterocycles. The standard InChI is InChI=1S/C25H21N5O2/c31-24(29-16-19-8-2-1-3-9-19)23(20-10-6-13-26-17-20)30(21-11-7-14-27-18-21)25(32)22-12-4-5-15-28-22/h1-15,17-18,23H,16H2,(H,29,31). The van der Waals surface area contributed by atoms with Crippen LogP contribution in [0.25, 0.3) is 0 Å². The molecule has 4 rings (SSSR count). The number of pyridine rings is 3. The van der Waals surface area contributed by atoms with Gasteiger partial charge in [0.1, 0.15) is 11.7 Å². The van der Waals surface area contributed by atoms with Gasteiger partial charge in [-0.2, -0.15) is 0 Å². The fraction of sp³-hybridized carbons (Fsp3) is 0.0800. The van der Waals surface area contributed by atoms with E-state index >= 15 is 0 Å². The summed E-state index contributed by atoms with van der Waals surface area (Å²) in [5.41, 5.74) is 2.23. The van der Waals surface area contributed by atoms with Crippen LogP contribution in [0.4, 0.5) is 5.69 Å². The predicted octanol–water partition coefficient (Wildman–Crippen LogP) is 3.58. The average Bonchev–Trinajstić information content (AvgIpc) is 2.87. The number of benzene rings is 1. The molecular weight excluding hydrogens is 402 g/mol. The van der Waals surface area contributed by atoms with Gasteiger partial charge in [0, 0.05) is 36.9 Å². The number of nitrogens with one attached hydrogen (secondary N) is 1. The summed E-state index contributed by atoms with van der Waals surface area (Å²) < 4.78 is 0. The molecule has 1 N–H and O–H groups in total. The fourth-order valence-corrected chi connectivity index (χ4v) is 3.33. The van der Waals surface area contributed by atoms with Gasteiger partial charge in [0.2, 0.25) is 5.91 Å². The molecule has 158 valence electrons. The van der Waals surface area contributed by atoms with Crippen molar-refractivity contribution >= 4 is 17.5 Å². The van der Waals surface area contributed by atoms with E-state index in [1.54, 1.807) is 73.4 Å². The number of carbonyl (C=O) groups is 2. The van der Waals surface area contributed by atoms with Crippen molar-refractivity contribution in [2.24, 2.45) is 0 Å². The summed E-state index contributed by atoms with van der Waals surface area (Å²) in [4.78, 5) is 41.0. The highest BCUT2D eigenvalue weighted by Gasteiger charge is 2.34. The van der Waals surface area contributed by atoms with Crippen LogP contribution in [-0.4, -0.2) is 26.8 Å². The second kappa shape index (κ2) is 10.1. The summed E-state index contributed by atoms with van der Waals surface area (Å²) in [6, 6.07) is 20.7. The minimum atomic E-state index is -0.967. The maximum atomic E-state index is 13.6. The molecule has 2 amide bonds. The zero-order valence-electron chi connectivity index (χ0n) is 17.2. The monoisotopic (exact) mass is 423 g/mol. The van der Waals surface area contributed by atoms with Crippen LogP contribution in [0, 0.1) is 0 Å². The Morgan fingerprint density at radius 1 is 0.812 bits per heavy atom. The van der Waals surface area contributed by atoms with Crippen LogP contribution in [0.2, 0.25) is 0 Å². The normalized spacial score (nSPS) is 11.4. The van der Waals surface area contributed by atoms with E-state index in [4.69, 9.17) is 0 Å². The lowest BCUT2D eigenvalue weighted by atomic mass is 10.0. The van der Waals surface area contributed by atoms with Gasteiger partial charge in [-0.05, 0) is 35.9 Å². The molecule has 1 aromatic carbocycles. The van der Waals surface area contributed by atoms with Gasteiger partial charge in [-0.3, -0.25) is 29.4 Å². The predicted molar refractivity (Wildman–Crippen MR) is 121 cm³/mol. The second-order valence-electron chi connectivity index (χ2n) is 6.99. The minimum absolute atomic E-state index is 0.223. The fourth-order valence-electron chi connectivity index (χ4n) is 3.33. The second-order valence-corrected chi connectivity index (χ2v) is 6.99. The van der Waals surface area contributed by atoms with E-state index in [1.807, 2.05) is 30.3 Å². The molecule has 7 nitrogen and oxygen atoms in total. The maximum absolute atomic E-state index is 13.6. The Balaban J connectivity index is 1.74. The van der Waals surface area contributed by atoms with Gasteiger partial charge >= 0.3 is 0 Å². The van der Waals surface area contributed by atoms with Crippen LogP contribution < -0.4 is 10.2 Å². The molecule has 0 bridgehead atoms. The summed E-state index contributed by atoms with van der Waals surface area (Å²) >= 11 is 0. The van der Waals surface area contributed by atoms with Gasteiger partial charge in [0.25, 0.3) is 5.91 Å². The molecule has 0 aliphatic rings. The molecule has 32 heavy (non-hydrogen) atoms. The summed E-state index contributed by atoms with van der Waals surface area (Å²) in [6.45, 7) is 0.328. The first-order chi connectivity index (χ1) is 15.7. The Hall–Kier alpha value is -4.39. The molecule has 1 atom stereocenters. The number of anilines is 1. The third kappa shape index (κ3) is 4.84. The van der Waals surface area contributed by atoms with E-state index in [-0.39, 0.29) is 11.6 Å². The first kappa shape index (κ1) is 20.9. The Morgan fingerprint density at radius 2 is 1.56 bits per heavy atom. The van der Waals surface area contributed by atoms with Crippen molar-refractivity contribution in [3.8, 4) is 0 Å². The number of amides is 2. The van der Waals surface area contributed by atoms with Crippen LogP contribution >= 0.6 is 0 Å². The lowest BCUT2D eigenvalue weighted by Gasteiger charge is -2.30. The van der Waals surface area contributed by atoms with E-state index in [0.717, 1.165) is 5.56 Å². The number of carbonyl (C=O) groups excluding carboxylic acids is 2. The van der Waals surface area contributed by atoms with Gasteiger partial charge in [-0.15, -0.1) is 0 Å². The highest BCUT2D eigenvalue weighted by atomic mass is 16.2. The summed E-state index contributed by atoms with van der Waals surface area (Å²) in [7, 11) is 0. The molecule has 0 spiro atoms. The van der Waals surface area contributed by atoms with Gasteiger partial charge in [-0.1, -0.05) is 42.5 Å². The van der Waals surface area contributed by atoms with Crippen molar-refractivity contribution in [2.75, 3.05) is 4.90 Å². The van der Waals surface area contributed by atoms with E-state index in [2.05, 4.69) is 20.3 Å². The highest BCUT2D eigenvalue weighted by molar-refractivity contribution is 6.09. The van der Waals surface area contributed by atoms with Crippen LogP contribution in [0.5, 0.6) is 0 Å². The van der Waals surface area contributed by atoms with Crippen LogP contribution in [0.15, 0.2) is 104 Å². The molecule has 0 radical (unpaired) electrons. The molecule has 0 fully saturated rings. The third-order valence-electron chi connectivity index (χ3n) is 4.84. The van der Waals surface area contributed by atoms with Crippen LogP contribution in [-0.2, 0) is 11.3 Å². The van der Waals surface area contributed by atoms with Crippen molar-refractivity contribution in [1.29, 1.82) is 0 Å². The number of rotatable bonds is 7. The van der Waals surface area contributed by atoms with Crippen molar-refractivity contribution in [3.63, 3.8) is 0 Å². The van der Waals surface area contributed by atoms with E-state index in [1.165, 1.54) is 4.90 Å². The number of nitrogens with zero attached hydrogens (tertiary/aromatic N) is 4. The zero-order valence-corrected chi connectivity index (χ0v) is 17.2. The van der Waals surface area contributed by atoms with Crippen LogP contribution in [0.3, 0.4) is 0 Å². The van der Waals surface area contributed by atoms with Gasteiger partial charge in [0.05, 0.1) is 11.9 Å². The Bertz CT molecular complexity index is 1160. The Labute approximate surface area is 185 Å². The molecule has 0 saturated heterocycles. The molecular formula is C25H21N5O2. The maximum Gasteiger partial charge on any atom is 0.277 e. The minimum Gasteiger partial charge on any atom is -0.350 e. The smallest absolute Gasteiger partial charge is 0.277 e. The summed E-state index contributed by atoms with van der Waals surface area (Å²) in [5.74, 6) is -0.752. The lowest BCUT2D eigenvalue weighted by molar-refractivity contribution is -0.122. The molecule has 0 aliphatic carbocycles. The quantitative estimate of drug-likeness (QED) is 0.491. The molecule has 0 saturated carbocycles. The largest absolute Gasteiger partial charge is 0.350 e. The summed E-state index contributed by atoms with van der Waals surface area (Å²) in [5, 5.41) is 2.95. The van der Waals surface area contributed by atoms with E-state index < -0.39 is 11.9 Å². The van der Waals surface area contributed by atoms with Crippen molar-refractivity contribution in [1.82, 2.24) is 20.3 Å². The molecule has 3 heterocycles. The number of hydrogen-bond acceptors (Lipinski definition) is 5. The van der Waals surface area contributed by atoms with Crippen molar-refractivity contribution in [2.45, 2.75) is 12.6 Å². The Morgan fingerprint density at radius 3 is 2.22 bits per heavy atom. The third-order valence-corrected chi connectivity index (χ3v) is 4.84. The zero-order chi connectivity index (χ0) is 22.2. The Kier molecular flexibility index (Phi) is 6.57. The highest BCUT2D eigenvalue weighted by Crippen LogP contribution is 2.28. The molecule has 4 aromatic rings. The van der Waals surface area contributed by atoms with Crippen molar-refractivity contribution in [3.05, 3.63) is 121 Å². The van der Waals surface area contributed by atoms with Crippen LogP contribution in [0.1, 0.15) is 27.7 Å². The lowest BCUT2D eigenvalue weighted by Crippen LogP contribution is -2.44. The molecule has 1 unspecified atom stereocenters. The topological polar surface area (TPSA) is 88.1 Å². The van der Waals surface area contributed by atoms with Gasteiger partial charge in [-0.25, -0.2) is 0 Å². The molecule has 7 heteroatoms. The number of hydrogen-bond donors (Lipinski definition) is 1. The summed E-state index contributed by atoms with van der Waals surface area (Å²) in [6.07, 6.45) is 7.92. The average molecular weight is 423 g/mol. The molecule has 3 aromatic heterocycles. The SMILES string of the molecule is O=C(NCc1ccccc1)C(c1cccnc1)N(C(=O)c1ccccn1)c1cccnc1. The number of aromatic nitrogens is 3. The first-order valence-electron chi connectivity index (χ1n) is 10.1. The first-order valence-corrected chi connectivity index (χ1v) is 10.1. The van der Waals surface area contributed by atoms with E-state index in [9.17, 15) is 9.59 Å². The van der Waals surface area contributed by atoms with Gasteiger partial charge < -0.3 is 5.32 Å². The van der Waals surface area contributed by atoms with Crippen molar-refractivity contribution < 1.29 is 9.59 Å². The van der Waals surface area contributed by atoms with Gasteiger partial charge in [0.15, 0.2) is 0 Å². The van der Waals surface area contributed by atoms with E-state index in [0.29, 0.717) is 17.8 Å².